The number of terminal acetylenes is 1. The summed E-state index contributed by atoms with van der Waals surface area (Å²) in [6.07, 6.45) is 5.08. The molecule has 2 N–H and O–H groups in total. The second-order valence-corrected chi connectivity index (χ2v) is 3.52. The Kier molecular flexibility index (Phi) is 3.01. The lowest BCUT2D eigenvalue weighted by Gasteiger charge is -1.97. The molecule has 2 rings (SSSR count). The van der Waals surface area contributed by atoms with E-state index in [2.05, 4.69) is 16.2 Å². The summed E-state index contributed by atoms with van der Waals surface area (Å²) in [7, 11) is 1.61. The van der Waals surface area contributed by atoms with Crippen molar-refractivity contribution in [3.8, 4) is 18.1 Å². The van der Waals surface area contributed by atoms with Crippen LogP contribution in [0.2, 0.25) is 0 Å². The number of ether oxygens (including phenoxy) is 1. The summed E-state index contributed by atoms with van der Waals surface area (Å²) in [4.78, 5) is 14.7. The number of benzene rings is 1. The number of hydrogen-bond donors (Lipinski definition) is 2. The van der Waals surface area contributed by atoms with Gasteiger partial charge in [-0.1, -0.05) is 5.92 Å². The largest absolute Gasteiger partial charge is 0.497 e. The van der Waals surface area contributed by atoms with Gasteiger partial charge in [-0.05, 0) is 24.3 Å². The van der Waals surface area contributed by atoms with Crippen LogP contribution in [0.5, 0.6) is 5.75 Å². The van der Waals surface area contributed by atoms with Gasteiger partial charge in [-0.15, -0.1) is 6.42 Å². The van der Waals surface area contributed by atoms with Crippen molar-refractivity contribution in [1.82, 2.24) is 10.3 Å². The maximum Gasteiger partial charge on any atom is 0.268 e. The van der Waals surface area contributed by atoms with E-state index in [1.54, 1.807) is 13.2 Å². The van der Waals surface area contributed by atoms with Crippen molar-refractivity contribution >= 4 is 16.8 Å². The van der Waals surface area contributed by atoms with E-state index < -0.39 is 0 Å². The average Bonchev–Trinajstić information content (AvgIpc) is 2.78. The lowest BCUT2D eigenvalue weighted by Crippen LogP contribution is -2.23. The third-order valence-electron chi connectivity index (χ3n) is 2.42. The molecule has 4 heteroatoms. The van der Waals surface area contributed by atoms with Crippen molar-refractivity contribution in [2.24, 2.45) is 0 Å². The smallest absolute Gasteiger partial charge is 0.268 e. The number of amides is 1. The number of fused-ring (bicyclic) bond motifs is 1. The molecule has 86 valence electrons. The van der Waals surface area contributed by atoms with Crippen molar-refractivity contribution in [3.63, 3.8) is 0 Å². The standard InChI is InChI=1S/C13H12N2O2/c1-3-6-14-13(16)12-8-9-7-10(17-2)4-5-11(9)15-12/h1,4-5,7-8,15H,6H2,2H3,(H,14,16). The Morgan fingerprint density at radius 1 is 1.53 bits per heavy atom. The van der Waals surface area contributed by atoms with E-state index >= 15 is 0 Å². The van der Waals surface area contributed by atoms with E-state index in [1.807, 2.05) is 18.2 Å². The summed E-state index contributed by atoms with van der Waals surface area (Å²) < 4.78 is 5.12. The minimum absolute atomic E-state index is 0.210. The molecule has 0 aliphatic carbocycles. The van der Waals surface area contributed by atoms with Gasteiger partial charge in [0.2, 0.25) is 0 Å². The Morgan fingerprint density at radius 2 is 2.35 bits per heavy atom. The molecule has 1 aromatic heterocycles. The first-order chi connectivity index (χ1) is 8.24. The zero-order valence-electron chi connectivity index (χ0n) is 9.41. The van der Waals surface area contributed by atoms with Crippen molar-refractivity contribution in [2.45, 2.75) is 0 Å². The normalized spacial score (nSPS) is 9.88. The second kappa shape index (κ2) is 4.62. The Morgan fingerprint density at radius 3 is 3.06 bits per heavy atom. The summed E-state index contributed by atoms with van der Waals surface area (Å²) in [6.45, 7) is 0.220. The van der Waals surface area contributed by atoms with Gasteiger partial charge in [0, 0.05) is 10.9 Å². The van der Waals surface area contributed by atoms with E-state index in [0.717, 1.165) is 16.7 Å². The average molecular weight is 228 g/mol. The molecule has 0 bridgehead atoms. The molecule has 0 radical (unpaired) electrons. The zero-order chi connectivity index (χ0) is 12.3. The molecule has 1 heterocycles. The van der Waals surface area contributed by atoms with E-state index in [0.29, 0.717) is 5.69 Å². The fourth-order valence-corrected chi connectivity index (χ4v) is 1.59. The molecule has 0 saturated carbocycles. The maximum atomic E-state index is 11.7. The molecule has 0 aliphatic heterocycles. The van der Waals surface area contributed by atoms with Gasteiger partial charge in [-0.25, -0.2) is 0 Å². The fraction of sp³-hybridized carbons (Fsp3) is 0.154. The number of nitrogens with one attached hydrogen (secondary N) is 2. The summed E-state index contributed by atoms with van der Waals surface area (Å²) >= 11 is 0. The number of methoxy groups -OCH3 is 1. The first kappa shape index (κ1) is 11.1. The third kappa shape index (κ3) is 2.23. The van der Waals surface area contributed by atoms with E-state index in [1.165, 1.54) is 0 Å². The molecule has 1 amide bonds. The number of carbonyl (C=O) groups excluding carboxylic acids is 1. The van der Waals surface area contributed by atoms with Crippen LogP contribution in [-0.4, -0.2) is 24.5 Å². The predicted molar refractivity (Wildman–Crippen MR) is 66.0 cm³/mol. The Labute approximate surface area is 99.0 Å². The highest BCUT2D eigenvalue weighted by Crippen LogP contribution is 2.21. The lowest BCUT2D eigenvalue weighted by atomic mass is 10.2. The topological polar surface area (TPSA) is 54.1 Å². The zero-order valence-corrected chi connectivity index (χ0v) is 9.41. The Balaban J connectivity index is 2.31. The van der Waals surface area contributed by atoms with Gasteiger partial charge in [0.1, 0.15) is 11.4 Å². The van der Waals surface area contributed by atoms with Crippen molar-refractivity contribution in [1.29, 1.82) is 0 Å². The van der Waals surface area contributed by atoms with Gasteiger partial charge < -0.3 is 15.0 Å². The van der Waals surface area contributed by atoms with Crippen LogP contribution in [0.3, 0.4) is 0 Å². The molecule has 0 spiro atoms. The van der Waals surface area contributed by atoms with Crippen LogP contribution >= 0.6 is 0 Å². The first-order valence-electron chi connectivity index (χ1n) is 5.13. The molecule has 17 heavy (non-hydrogen) atoms. The molecule has 2 aromatic rings. The molecule has 0 saturated heterocycles. The lowest BCUT2D eigenvalue weighted by molar-refractivity contribution is 0.0954. The van der Waals surface area contributed by atoms with Crippen LogP contribution in [0, 0.1) is 12.3 Å². The summed E-state index contributed by atoms with van der Waals surface area (Å²) in [6, 6.07) is 7.33. The molecule has 4 nitrogen and oxygen atoms in total. The number of rotatable bonds is 3. The molecule has 0 unspecified atom stereocenters. The predicted octanol–water partition coefficient (Wildman–Crippen LogP) is 1.54. The molecular weight excluding hydrogens is 216 g/mol. The van der Waals surface area contributed by atoms with E-state index in [4.69, 9.17) is 11.2 Å². The van der Waals surface area contributed by atoms with Crippen LogP contribution in [-0.2, 0) is 0 Å². The number of H-pyrrole nitrogens is 1. The summed E-state index contributed by atoms with van der Waals surface area (Å²) in [5.41, 5.74) is 1.38. The van der Waals surface area contributed by atoms with Crippen LogP contribution in [0.25, 0.3) is 10.9 Å². The molecule has 0 fully saturated rings. The summed E-state index contributed by atoms with van der Waals surface area (Å²) in [5, 5.41) is 3.53. The Hall–Kier alpha value is -2.41. The highest BCUT2D eigenvalue weighted by molar-refractivity contribution is 5.98. The van der Waals surface area contributed by atoms with Gasteiger partial charge in [0.25, 0.3) is 5.91 Å². The van der Waals surface area contributed by atoms with Crippen LogP contribution in [0.4, 0.5) is 0 Å². The van der Waals surface area contributed by atoms with Gasteiger partial charge in [0.05, 0.1) is 13.7 Å². The number of aromatic amines is 1. The number of hydrogen-bond acceptors (Lipinski definition) is 2. The van der Waals surface area contributed by atoms with Crippen molar-refractivity contribution in [2.75, 3.05) is 13.7 Å². The fourth-order valence-electron chi connectivity index (χ4n) is 1.59. The monoisotopic (exact) mass is 228 g/mol. The highest BCUT2D eigenvalue weighted by atomic mass is 16.5. The second-order valence-electron chi connectivity index (χ2n) is 3.52. The number of carbonyl (C=O) groups is 1. The molecule has 0 aliphatic rings. The number of aromatic nitrogens is 1. The first-order valence-corrected chi connectivity index (χ1v) is 5.13. The minimum atomic E-state index is -0.210. The van der Waals surface area contributed by atoms with Gasteiger partial charge in [-0.2, -0.15) is 0 Å². The van der Waals surface area contributed by atoms with Crippen LogP contribution in [0.15, 0.2) is 24.3 Å². The molecule has 0 atom stereocenters. The third-order valence-corrected chi connectivity index (χ3v) is 2.42. The minimum Gasteiger partial charge on any atom is -0.497 e. The van der Waals surface area contributed by atoms with Crippen LogP contribution in [0.1, 0.15) is 10.5 Å². The van der Waals surface area contributed by atoms with E-state index in [9.17, 15) is 4.79 Å². The van der Waals surface area contributed by atoms with Gasteiger partial charge in [-0.3, -0.25) is 4.79 Å². The van der Waals surface area contributed by atoms with Gasteiger partial charge >= 0.3 is 0 Å². The molecular formula is C13H12N2O2. The van der Waals surface area contributed by atoms with Crippen molar-refractivity contribution in [3.05, 3.63) is 30.0 Å². The van der Waals surface area contributed by atoms with Gasteiger partial charge in [0.15, 0.2) is 0 Å². The summed E-state index contributed by atoms with van der Waals surface area (Å²) in [5.74, 6) is 2.90. The SMILES string of the molecule is C#CCNC(=O)c1cc2cc(OC)ccc2[nH]1. The Bertz CT molecular complexity index is 593. The van der Waals surface area contributed by atoms with Crippen LogP contribution < -0.4 is 10.1 Å². The quantitative estimate of drug-likeness (QED) is 0.783. The highest BCUT2D eigenvalue weighted by Gasteiger charge is 2.08. The molecule has 1 aromatic carbocycles. The maximum absolute atomic E-state index is 11.7. The van der Waals surface area contributed by atoms with Crippen molar-refractivity contribution < 1.29 is 9.53 Å². The van der Waals surface area contributed by atoms with E-state index in [-0.39, 0.29) is 12.5 Å².